The molecule has 0 aliphatic rings. The Morgan fingerprint density at radius 2 is 1.92 bits per heavy atom. The molecule has 0 unspecified atom stereocenters. The second-order valence-electron chi connectivity index (χ2n) is 1.90. The number of halogens is 1. The standard InChI is InChI=1S/C6H6BrNO.CO2/c1-4-2-3-5(7)6(9)8-4;2-1-3/h2-3H,1H3,(H,8,9);. The molecule has 0 amide bonds. The molecular formula is C7H6BrNO3. The third-order valence-electron chi connectivity index (χ3n) is 1.01. The minimum absolute atomic E-state index is 0.0741. The van der Waals surface area contributed by atoms with Gasteiger partial charge in [0.15, 0.2) is 0 Å². The number of aromatic nitrogens is 1. The zero-order valence-electron chi connectivity index (χ0n) is 6.26. The van der Waals surface area contributed by atoms with Gasteiger partial charge in [0, 0.05) is 5.69 Å². The smallest absolute Gasteiger partial charge is 0.326 e. The molecule has 1 N–H and O–H groups in total. The number of rotatable bonds is 0. The quantitative estimate of drug-likeness (QED) is 0.721. The van der Waals surface area contributed by atoms with Crippen LogP contribution in [-0.4, -0.2) is 11.1 Å². The molecule has 1 rings (SSSR count). The Hall–Kier alpha value is -1.19. The fourth-order valence-corrected chi connectivity index (χ4v) is 0.786. The second kappa shape index (κ2) is 5.46. The van der Waals surface area contributed by atoms with Crippen LogP contribution in [0.5, 0.6) is 0 Å². The number of hydrogen-bond donors (Lipinski definition) is 1. The summed E-state index contributed by atoms with van der Waals surface area (Å²) in [5.41, 5.74) is 0.804. The van der Waals surface area contributed by atoms with Crippen molar-refractivity contribution < 1.29 is 9.59 Å². The lowest BCUT2D eigenvalue weighted by Gasteiger charge is -1.89. The van der Waals surface area contributed by atoms with Crippen molar-refractivity contribution in [3.63, 3.8) is 0 Å². The third-order valence-corrected chi connectivity index (χ3v) is 1.63. The first-order chi connectivity index (χ1) is 5.61. The zero-order chi connectivity index (χ0) is 9.56. The fraction of sp³-hybridized carbons (Fsp3) is 0.143. The number of H-pyrrole nitrogens is 1. The molecule has 0 aromatic carbocycles. The van der Waals surface area contributed by atoms with E-state index < -0.39 is 0 Å². The van der Waals surface area contributed by atoms with Crippen molar-refractivity contribution in [1.29, 1.82) is 0 Å². The summed E-state index contributed by atoms with van der Waals surface area (Å²) in [6, 6.07) is 3.57. The fourth-order valence-electron chi connectivity index (χ4n) is 0.554. The molecular weight excluding hydrogens is 226 g/mol. The van der Waals surface area contributed by atoms with Gasteiger partial charge in [-0.2, -0.15) is 9.59 Å². The summed E-state index contributed by atoms with van der Waals surface area (Å²) in [4.78, 5) is 29.6. The van der Waals surface area contributed by atoms with E-state index in [0.717, 1.165) is 5.69 Å². The predicted molar refractivity (Wildman–Crippen MR) is 44.5 cm³/mol. The van der Waals surface area contributed by atoms with Crippen LogP contribution >= 0.6 is 15.9 Å². The maximum Gasteiger partial charge on any atom is 0.373 e. The van der Waals surface area contributed by atoms with Gasteiger partial charge in [-0.25, -0.2) is 0 Å². The van der Waals surface area contributed by atoms with Gasteiger partial charge in [0.2, 0.25) is 0 Å². The van der Waals surface area contributed by atoms with Gasteiger partial charge in [0.25, 0.3) is 5.56 Å². The highest BCUT2D eigenvalue weighted by atomic mass is 79.9. The lowest BCUT2D eigenvalue weighted by Crippen LogP contribution is -2.06. The summed E-state index contributed by atoms with van der Waals surface area (Å²) in [6.45, 7) is 1.84. The van der Waals surface area contributed by atoms with E-state index in [4.69, 9.17) is 9.59 Å². The van der Waals surface area contributed by atoms with Gasteiger partial charge < -0.3 is 4.98 Å². The molecule has 4 nitrogen and oxygen atoms in total. The Labute approximate surface area is 76.7 Å². The average Bonchev–Trinajstić information content (AvgIpc) is 1.99. The van der Waals surface area contributed by atoms with Gasteiger partial charge >= 0.3 is 6.15 Å². The van der Waals surface area contributed by atoms with Crippen LogP contribution in [0.3, 0.4) is 0 Å². The number of aryl methyl sites for hydroxylation is 1. The highest BCUT2D eigenvalue weighted by Gasteiger charge is 1.90. The van der Waals surface area contributed by atoms with Crippen molar-refractivity contribution in [1.82, 2.24) is 4.98 Å². The molecule has 64 valence electrons. The molecule has 0 saturated carbocycles. The number of pyridine rings is 1. The summed E-state index contributed by atoms with van der Waals surface area (Å²) < 4.78 is 0.577. The Morgan fingerprint density at radius 3 is 2.25 bits per heavy atom. The molecule has 1 aromatic rings. The molecule has 0 aliphatic carbocycles. The first-order valence-corrected chi connectivity index (χ1v) is 3.76. The summed E-state index contributed by atoms with van der Waals surface area (Å²) in [5.74, 6) is 0. The molecule has 5 heteroatoms. The first-order valence-electron chi connectivity index (χ1n) is 2.96. The maximum atomic E-state index is 10.7. The zero-order valence-corrected chi connectivity index (χ0v) is 7.84. The predicted octanol–water partition coefficient (Wildman–Crippen LogP) is 0.862. The Balaban J connectivity index is 0.000000354. The Morgan fingerprint density at radius 1 is 1.42 bits per heavy atom. The van der Waals surface area contributed by atoms with Gasteiger partial charge in [0.05, 0.1) is 4.47 Å². The van der Waals surface area contributed by atoms with Gasteiger partial charge in [-0.05, 0) is 35.0 Å². The largest absolute Gasteiger partial charge is 0.373 e. The molecule has 0 aliphatic heterocycles. The van der Waals surface area contributed by atoms with Crippen molar-refractivity contribution >= 4 is 22.1 Å². The van der Waals surface area contributed by atoms with E-state index in [9.17, 15) is 4.79 Å². The highest BCUT2D eigenvalue weighted by Crippen LogP contribution is 2.00. The summed E-state index contributed by atoms with van der Waals surface area (Å²) >= 11 is 3.09. The van der Waals surface area contributed by atoms with Crippen LogP contribution in [0.15, 0.2) is 21.4 Å². The van der Waals surface area contributed by atoms with Crippen molar-refractivity contribution in [3.8, 4) is 0 Å². The molecule has 0 saturated heterocycles. The lowest BCUT2D eigenvalue weighted by molar-refractivity contribution is -0.191. The minimum Gasteiger partial charge on any atom is -0.326 e. The number of carbonyl (C=O) groups excluding carboxylic acids is 2. The Kier molecular flexibility index (Phi) is 4.92. The number of nitrogens with one attached hydrogen (secondary N) is 1. The van der Waals surface area contributed by atoms with Crippen LogP contribution in [0.25, 0.3) is 0 Å². The van der Waals surface area contributed by atoms with Gasteiger partial charge in [-0.15, -0.1) is 0 Å². The van der Waals surface area contributed by atoms with Crippen LogP contribution in [0.2, 0.25) is 0 Å². The number of hydrogen-bond acceptors (Lipinski definition) is 3. The first kappa shape index (κ1) is 10.8. The third kappa shape index (κ3) is 3.85. The van der Waals surface area contributed by atoms with Crippen LogP contribution in [-0.2, 0) is 9.59 Å². The number of aromatic amines is 1. The molecule has 12 heavy (non-hydrogen) atoms. The SMILES string of the molecule is Cc1ccc(Br)c(=O)[nH]1.O=C=O. The molecule has 1 heterocycles. The lowest BCUT2D eigenvalue weighted by atomic mass is 10.4. The molecule has 0 fully saturated rings. The van der Waals surface area contributed by atoms with E-state index in [1.165, 1.54) is 0 Å². The van der Waals surface area contributed by atoms with E-state index in [1.54, 1.807) is 6.07 Å². The van der Waals surface area contributed by atoms with E-state index >= 15 is 0 Å². The molecule has 0 atom stereocenters. The summed E-state index contributed by atoms with van der Waals surface area (Å²) in [5, 5.41) is 0. The van der Waals surface area contributed by atoms with Gasteiger partial charge in [-0.1, -0.05) is 0 Å². The Bertz CT molecular complexity index is 339. The normalized spacial score (nSPS) is 7.83. The summed E-state index contributed by atoms with van der Waals surface area (Å²) in [7, 11) is 0. The molecule has 1 aromatic heterocycles. The van der Waals surface area contributed by atoms with E-state index in [2.05, 4.69) is 20.9 Å². The second-order valence-corrected chi connectivity index (χ2v) is 2.76. The highest BCUT2D eigenvalue weighted by molar-refractivity contribution is 9.10. The van der Waals surface area contributed by atoms with Crippen LogP contribution in [0.4, 0.5) is 0 Å². The van der Waals surface area contributed by atoms with Crippen LogP contribution in [0.1, 0.15) is 5.69 Å². The van der Waals surface area contributed by atoms with Gasteiger partial charge in [-0.3, -0.25) is 4.79 Å². The topological polar surface area (TPSA) is 67.0 Å². The van der Waals surface area contributed by atoms with E-state index in [-0.39, 0.29) is 11.7 Å². The summed E-state index contributed by atoms with van der Waals surface area (Å²) in [6.07, 6.45) is 0.250. The van der Waals surface area contributed by atoms with Crippen molar-refractivity contribution in [2.24, 2.45) is 0 Å². The minimum atomic E-state index is -0.0741. The molecule has 0 spiro atoms. The molecule has 0 radical (unpaired) electrons. The van der Waals surface area contributed by atoms with E-state index in [0.29, 0.717) is 4.47 Å². The van der Waals surface area contributed by atoms with Crippen LogP contribution in [0, 0.1) is 6.92 Å². The van der Waals surface area contributed by atoms with Gasteiger partial charge in [0.1, 0.15) is 0 Å². The van der Waals surface area contributed by atoms with Crippen molar-refractivity contribution in [2.45, 2.75) is 6.92 Å². The maximum absolute atomic E-state index is 10.7. The van der Waals surface area contributed by atoms with Crippen molar-refractivity contribution in [3.05, 3.63) is 32.7 Å². The van der Waals surface area contributed by atoms with Crippen LogP contribution < -0.4 is 5.56 Å². The van der Waals surface area contributed by atoms with E-state index in [1.807, 2.05) is 13.0 Å². The van der Waals surface area contributed by atoms with Crippen molar-refractivity contribution in [2.75, 3.05) is 0 Å². The average molecular weight is 232 g/mol. The molecule has 0 bridgehead atoms. The monoisotopic (exact) mass is 231 g/mol.